The maximum Gasteiger partial charge on any atom is 0.404 e. The van der Waals surface area contributed by atoms with Gasteiger partial charge in [0.05, 0.1) is 13.2 Å². The zero-order valence-corrected chi connectivity index (χ0v) is 7.89. The molecule has 1 heterocycles. The van der Waals surface area contributed by atoms with Crippen LogP contribution in [0.2, 0.25) is 0 Å². The lowest BCUT2D eigenvalue weighted by atomic mass is 10.1. The van der Waals surface area contributed by atoms with Crippen molar-refractivity contribution in [1.82, 2.24) is 4.90 Å². The molecule has 1 rings (SSSR count). The molecule has 1 atom stereocenters. The van der Waals surface area contributed by atoms with Gasteiger partial charge in [0.15, 0.2) is 0 Å². The Kier molecular flexibility index (Phi) is 3.95. The Morgan fingerprint density at radius 3 is 2.36 bits per heavy atom. The van der Waals surface area contributed by atoms with Crippen molar-refractivity contribution in [1.29, 1.82) is 0 Å². The van der Waals surface area contributed by atoms with Gasteiger partial charge in [-0.15, -0.1) is 6.58 Å². The zero-order valence-electron chi connectivity index (χ0n) is 7.89. The normalized spacial score (nSPS) is 21.9. The summed E-state index contributed by atoms with van der Waals surface area (Å²) in [7, 11) is 0. The molecule has 0 aromatic heterocycles. The standard InChI is InChI=1S/C9H14F3NO/c1-2-3-8(9(10,11)12)13-4-6-14-7-5-13/h2,8H,1,3-7H2. The SMILES string of the molecule is C=CCC(N1CCOCC1)C(F)(F)F. The van der Waals surface area contributed by atoms with E-state index in [1.807, 2.05) is 0 Å². The zero-order chi connectivity index (χ0) is 10.6. The average molecular weight is 209 g/mol. The van der Waals surface area contributed by atoms with Crippen LogP contribution in [0, 0.1) is 0 Å². The Labute approximate surface area is 81.3 Å². The second kappa shape index (κ2) is 4.79. The second-order valence-corrected chi connectivity index (χ2v) is 3.23. The average Bonchev–Trinajstić information content (AvgIpc) is 2.14. The molecule has 1 aliphatic rings. The minimum Gasteiger partial charge on any atom is -0.379 e. The summed E-state index contributed by atoms with van der Waals surface area (Å²) in [4.78, 5) is 1.41. The number of hydrogen-bond acceptors (Lipinski definition) is 2. The van der Waals surface area contributed by atoms with Gasteiger partial charge in [0.25, 0.3) is 0 Å². The monoisotopic (exact) mass is 209 g/mol. The van der Waals surface area contributed by atoms with E-state index < -0.39 is 12.2 Å². The first-order chi connectivity index (χ1) is 6.55. The number of rotatable bonds is 3. The van der Waals surface area contributed by atoms with Gasteiger partial charge in [-0.1, -0.05) is 6.08 Å². The van der Waals surface area contributed by atoms with E-state index in [9.17, 15) is 13.2 Å². The highest BCUT2D eigenvalue weighted by molar-refractivity contribution is 4.86. The Bertz CT molecular complexity index is 187. The van der Waals surface area contributed by atoms with E-state index >= 15 is 0 Å². The fraction of sp³-hybridized carbons (Fsp3) is 0.778. The molecule has 0 spiro atoms. The molecule has 82 valence electrons. The van der Waals surface area contributed by atoms with E-state index in [-0.39, 0.29) is 6.42 Å². The quantitative estimate of drug-likeness (QED) is 0.657. The van der Waals surface area contributed by atoms with Gasteiger partial charge in [-0.25, -0.2) is 0 Å². The maximum atomic E-state index is 12.6. The Morgan fingerprint density at radius 2 is 1.93 bits per heavy atom. The van der Waals surface area contributed by atoms with Crippen molar-refractivity contribution >= 4 is 0 Å². The minimum atomic E-state index is -4.18. The van der Waals surface area contributed by atoms with Crippen LogP contribution >= 0.6 is 0 Å². The first-order valence-electron chi connectivity index (χ1n) is 4.55. The molecule has 0 radical (unpaired) electrons. The van der Waals surface area contributed by atoms with Crippen molar-refractivity contribution in [3.63, 3.8) is 0 Å². The fourth-order valence-electron chi connectivity index (χ4n) is 1.54. The lowest BCUT2D eigenvalue weighted by Crippen LogP contribution is -2.50. The van der Waals surface area contributed by atoms with Gasteiger partial charge >= 0.3 is 6.18 Å². The van der Waals surface area contributed by atoms with E-state index in [4.69, 9.17) is 4.74 Å². The second-order valence-electron chi connectivity index (χ2n) is 3.23. The smallest absolute Gasteiger partial charge is 0.379 e. The molecule has 1 aliphatic heterocycles. The highest BCUT2D eigenvalue weighted by Gasteiger charge is 2.42. The van der Waals surface area contributed by atoms with Gasteiger partial charge in [0.1, 0.15) is 6.04 Å². The number of hydrogen-bond donors (Lipinski definition) is 0. The van der Waals surface area contributed by atoms with Crippen LogP contribution in [0.5, 0.6) is 0 Å². The number of nitrogens with zero attached hydrogens (tertiary/aromatic N) is 1. The van der Waals surface area contributed by atoms with Crippen LogP contribution in [0.3, 0.4) is 0 Å². The van der Waals surface area contributed by atoms with Crippen LogP contribution in [-0.4, -0.2) is 43.4 Å². The lowest BCUT2D eigenvalue weighted by Gasteiger charge is -2.34. The Morgan fingerprint density at radius 1 is 1.36 bits per heavy atom. The summed E-state index contributed by atoms with van der Waals surface area (Å²) in [6.45, 7) is 4.80. The molecule has 2 nitrogen and oxygen atoms in total. The molecule has 0 N–H and O–H groups in total. The summed E-state index contributed by atoms with van der Waals surface area (Å²) < 4.78 is 42.7. The summed E-state index contributed by atoms with van der Waals surface area (Å²) in [5, 5.41) is 0. The molecule has 0 bridgehead atoms. The molecule has 1 unspecified atom stereocenters. The van der Waals surface area contributed by atoms with Gasteiger partial charge in [0.2, 0.25) is 0 Å². The number of alkyl halides is 3. The van der Waals surface area contributed by atoms with Crippen LogP contribution in [0.25, 0.3) is 0 Å². The van der Waals surface area contributed by atoms with Crippen molar-refractivity contribution in [2.45, 2.75) is 18.6 Å². The van der Waals surface area contributed by atoms with Crippen molar-refractivity contribution in [3.8, 4) is 0 Å². The highest BCUT2D eigenvalue weighted by Crippen LogP contribution is 2.27. The first kappa shape index (κ1) is 11.5. The summed E-state index contributed by atoms with van der Waals surface area (Å²) in [5.74, 6) is 0. The van der Waals surface area contributed by atoms with Gasteiger partial charge in [-0.3, -0.25) is 4.90 Å². The molecular weight excluding hydrogens is 195 g/mol. The minimum absolute atomic E-state index is 0.0521. The van der Waals surface area contributed by atoms with Crippen LogP contribution in [0.15, 0.2) is 12.7 Å². The third-order valence-electron chi connectivity index (χ3n) is 2.25. The number of ether oxygens (including phenoxy) is 1. The van der Waals surface area contributed by atoms with E-state index in [0.29, 0.717) is 26.3 Å². The van der Waals surface area contributed by atoms with E-state index in [1.54, 1.807) is 0 Å². The summed E-state index contributed by atoms with van der Waals surface area (Å²) >= 11 is 0. The van der Waals surface area contributed by atoms with E-state index in [0.717, 1.165) is 0 Å². The third-order valence-corrected chi connectivity index (χ3v) is 2.25. The summed E-state index contributed by atoms with van der Waals surface area (Å²) in [5.41, 5.74) is 0. The van der Waals surface area contributed by atoms with Crippen molar-refractivity contribution < 1.29 is 17.9 Å². The molecule has 0 aliphatic carbocycles. The summed E-state index contributed by atoms with van der Waals surface area (Å²) in [6.07, 6.45) is -2.91. The van der Waals surface area contributed by atoms with Crippen molar-refractivity contribution in [3.05, 3.63) is 12.7 Å². The van der Waals surface area contributed by atoms with Gasteiger partial charge in [-0.2, -0.15) is 13.2 Å². The van der Waals surface area contributed by atoms with E-state index in [1.165, 1.54) is 11.0 Å². The summed E-state index contributed by atoms with van der Waals surface area (Å²) in [6, 6.07) is -1.40. The highest BCUT2D eigenvalue weighted by atomic mass is 19.4. The molecule has 0 amide bonds. The van der Waals surface area contributed by atoms with Crippen molar-refractivity contribution in [2.24, 2.45) is 0 Å². The third kappa shape index (κ3) is 2.99. The molecule has 14 heavy (non-hydrogen) atoms. The topological polar surface area (TPSA) is 12.5 Å². The predicted molar refractivity (Wildman–Crippen MR) is 47.0 cm³/mol. The van der Waals surface area contributed by atoms with Gasteiger partial charge < -0.3 is 4.74 Å². The van der Waals surface area contributed by atoms with Crippen LogP contribution < -0.4 is 0 Å². The fourth-order valence-corrected chi connectivity index (χ4v) is 1.54. The lowest BCUT2D eigenvalue weighted by molar-refractivity contribution is -0.190. The molecule has 0 saturated carbocycles. The molecule has 0 aromatic rings. The van der Waals surface area contributed by atoms with Crippen LogP contribution in [-0.2, 0) is 4.74 Å². The molecular formula is C9H14F3NO. The maximum absolute atomic E-state index is 12.6. The molecule has 1 saturated heterocycles. The Balaban J connectivity index is 2.60. The van der Waals surface area contributed by atoms with Gasteiger partial charge in [-0.05, 0) is 6.42 Å². The number of morpholine rings is 1. The van der Waals surface area contributed by atoms with Crippen LogP contribution in [0.1, 0.15) is 6.42 Å². The predicted octanol–water partition coefficient (Wildman–Crippen LogP) is 1.83. The first-order valence-corrected chi connectivity index (χ1v) is 4.55. The Hall–Kier alpha value is -0.550. The number of halogens is 3. The van der Waals surface area contributed by atoms with Crippen molar-refractivity contribution in [2.75, 3.05) is 26.3 Å². The van der Waals surface area contributed by atoms with E-state index in [2.05, 4.69) is 6.58 Å². The molecule has 0 aromatic carbocycles. The van der Waals surface area contributed by atoms with Gasteiger partial charge in [0, 0.05) is 13.1 Å². The molecule has 1 fully saturated rings. The van der Waals surface area contributed by atoms with Crippen LogP contribution in [0.4, 0.5) is 13.2 Å². The molecule has 5 heteroatoms. The largest absolute Gasteiger partial charge is 0.404 e.